The first kappa shape index (κ1) is 26.4. The highest BCUT2D eigenvalue weighted by atomic mass is 16.4. The van der Waals surface area contributed by atoms with E-state index in [0.29, 0.717) is 0 Å². The zero-order valence-electron chi connectivity index (χ0n) is 21.0. The summed E-state index contributed by atoms with van der Waals surface area (Å²) in [5, 5.41) is 45.1. The molecule has 0 heterocycles. The first-order chi connectivity index (χ1) is 19.2. The minimum absolute atomic E-state index is 0.159. The van der Waals surface area contributed by atoms with Gasteiger partial charge in [0.2, 0.25) is 0 Å². The summed E-state index contributed by atoms with van der Waals surface area (Å²) < 4.78 is 0. The van der Waals surface area contributed by atoms with Crippen molar-refractivity contribution < 1.29 is 39.6 Å². The molecule has 4 N–H and O–H groups in total. The van der Waals surface area contributed by atoms with Crippen LogP contribution in [0.15, 0.2) is 121 Å². The molecule has 200 valence electrons. The summed E-state index contributed by atoms with van der Waals surface area (Å²) in [6, 6.07) is 28.8. The van der Waals surface area contributed by atoms with Gasteiger partial charge in [-0.1, -0.05) is 121 Å². The second-order valence-electron chi connectivity index (χ2n) is 9.68. The van der Waals surface area contributed by atoms with Crippen LogP contribution in [-0.2, 0) is 40.8 Å². The van der Waals surface area contributed by atoms with Crippen molar-refractivity contribution in [2.75, 3.05) is 0 Å². The zero-order valence-corrected chi connectivity index (χ0v) is 21.0. The summed E-state index contributed by atoms with van der Waals surface area (Å²) in [5.74, 6) is -7.15. The second kappa shape index (κ2) is 9.20. The molecule has 1 aliphatic carbocycles. The first-order valence-corrected chi connectivity index (χ1v) is 12.4. The van der Waals surface area contributed by atoms with Crippen molar-refractivity contribution in [2.45, 2.75) is 21.7 Å². The van der Waals surface area contributed by atoms with Crippen LogP contribution in [0.25, 0.3) is 0 Å². The maximum absolute atomic E-state index is 13.9. The average Bonchev–Trinajstić information content (AvgIpc) is 2.94. The van der Waals surface area contributed by atoms with Gasteiger partial charge < -0.3 is 20.4 Å². The van der Waals surface area contributed by atoms with Crippen molar-refractivity contribution in [3.63, 3.8) is 0 Å². The Hall–Kier alpha value is -5.24. The molecule has 0 aromatic heterocycles. The standard InChI is InChI=1S/C32H24O8/c33-25(34)29(21-13-5-1-6-14-21)30(26(35)36,22-15-7-2-8-16-22)32(28(39)40,24-19-11-4-12-20-24)31(29,27(37)38)23-17-9-3-10-18-23/h1-20H,(H,33,34)(H,35,36)(H,37,38)(H,39,40). The third kappa shape index (κ3) is 2.69. The Morgan fingerprint density at radius 1 is 0.325 bits per heavy atom. The summed E-state index contributed by atoms with van der Waals surface area (Å²) in [6.45, 7) is 0. The molecule has 4 aromatic carbocycles. The molecular formula is C32H24O8. The molecule has 5 rings (SSSR count). The highest BCUT2D eigenvalue weighted by Gasteiger charge is 2.99. The SMILES string of the molecule is O=C(O)C1(c2ccccc2)C(C(=O)O)(c2ccccc2)C(C(=O)O)(c2ccccc2)C1(C(=O)O)c1ccccc1. The Bertz CT molecular complexity index is 1340. The van der Waals surface area contributed by atoms with Gasteiger partial charge in [0.05, 0.1) is 0 Å². The highest BCUT2D eigenvalue weighted by molar-refractivity contribution is 6.18. The molecule has 8 nitrogen and oxygen atoms in total. The van der Waals surface area contributed by atoms with Gasteiger partial charge in [0, 0.05) is 0 Å². The number of carbonyl (C=O) groups is 4. The van der Waals surface area contributed by atoms with Crippen LogP contribution in [0.3, 0.4) is 0 Å². The Morgan fingerprint density at radius 3 is 0.600 bits per heavy atom. The number of aliphatic carboxylic acids is 4. The van der Waals surface area contributed by atoms with Crippen LogP contribution < -0.4 is 0 Å². The van der Waals surface area contributed by atoms with Crippen LogP contribution in [0, 0.1) is 0 Å². The van der Waals surface area contributed by atoms with Gasteiger partial charge in [-0.3, -0.25) is 19.2 Å². The third-order valence-corrected chi connectivity index (χ3v) is 8.36. The van der Waals surface area contributed by atoms with E-state index in [1.54, 1.807) is 24.3 Å². The second-order valence-corrected chi connectivity index (χ2v) is 9.68. The fraction of sp³-hybridized carbons (Fsp3) is 0.125. The quantitative estimate of drug-likeness (QED) is 0.263. The molecule has 1 fully saturated rings. The molecule has 1 aliphatic rings. The van der Waals surface area contributed by atoms with E-state index in [2.05, 4.69) is 0 Å². The summed E-state index contributed by atoms with van der Waals surface area (Å²) in [5.41, 5.74) is -12.0. The highest BCUT2D eigenvalue weighted by Crippen LogP contribution is 2.79. The molecular weight excluding hydrogens is 512 g/mol. The number of carboxylic acids is 4. The van der Waals surface area contributed by atoms with E-state index >= 15 is 0 Å². The van der Waals surface area contributed by atoms with Crippen molar-refractivity contribution in [3.05, 3.63) is 144 Å². The predicted octanol–water partition coefficient (Wildman–Crippen LogP) is 4.09. The summed E-state index contributed by atoms with van der Waals surface area (Å²) in [6.07, 6.45) is 0. The number of carboxylic acid groups (broad SMARTS) is 4. The van der Waals surface area contributed by atoms with E-state index in [4.69, 9.17) is 0 Å². The van der Waals surface area contributed by atoms with Gasteiger partial charge in [0.15, 0.2) is 0 Å². The average molecular weight is 537 g/mol. The molecule has 0 unspecified atom stereocenters. The normalized spacial score (nSPS) is 27.2. The van der Waals surface area contributed by atoms with Crippen molar-refractivity contribution in [1.29, 1.82) is 0 Å². The Labute approximate surface area is 228 Å². The van der Waals surface area contributed by atoms with Crippen LogP contribution in [0.2, 0.25) is 0 Å². The maximum Gasteiger partial charge on any atom is 0.317 e. The van der Waals surface area contributed by atoms with Crippen molar-refractivity contribution in [1.82, 2.24) is 0 Å². The largest absolute Gasteiger partial charge is 0.481 e. The maximum atomic E-state index is 13.9. The van der Waals surface area contributed by atoms with Gasteiger partial charge in [-0.2, -0.15) is 0 Å². The fourth-order valence-corrected chi connectivity index (χ4v) is 7.32. The molecule has 0 saturated heterocycles. The van der Waals surface area contributed by atoms with E-state index < -0.39 is 45.5 Å². The van der Waals surface area contributed by atoms with Crippen LogP contribution in [0.5, 0.6) is 0 Å². The lowest BCUT2D eigenvalue weighted by atomic mass is 9.19. The van der Waals surface area contributed by atoms with Gasteiger partial charge in [-0.25, -0.2) is 0 Å². The van der Waals surface area contributed by atoms with Crippen LogP contribution in [-0.4, -0.2) is 44.3 Å². The van der Waals surface area contributed by atoms with Crippen molar-refractivity contribution in [2.24, 2.45) is 0 Å². The lowest BCUT2D eigenvalue weighted by Gasteiger charge is -2.74. The van der Waals surface area contributed by atoms with Crippen molar-refractivity contribution >= 4 is 23.9 Å². The number of rotatable bonds is 8. The molecule has 0 spiro atoms. The molecule has 1 saturated carbocycles. The Balaban J connectivity index is 2.21. The molecule has 40 heavy (non-hydrogen) atoms. The lowest BCUT2D eigenvalue weighted by molar-refractivity contribution is -0.221. The van der Waals surface area contributed by atoms with Gasteiger partial charge in [-0.05, 0) is 22.3 Å². The van der Waals surface area contributed by atoms with Crippen LogP contribution in [0.1, 0.15) is 22.3 Å². The van der Waals surface area contributed by atoms with E-state index in [0.717, 1.165) is 0 Å². The molecule has 0 aliphatic heterocycles. The number of hydrogen-bond acceptors (Lipinski definition) is 4. The Kier molecular flexibility index (Phi) is 6.06. The minimum atomic E-state index is -2.85. The first-order valence-electron chi connectivity index (χ1n) is 12.4. The number of benzene rings is 4. The zero-order chi connectivity index (χ0) is 28.8. The smallest absolute Gasteiger partial charge is 0.317 e. The van der Waals surface area contributed by atoms with Crippen LogP contribution >= 0.6 is 0 Å². The van der Waals surface area contributed by atoms with Crippen molar-refractivity contribution in [3.8, 4) is 0 Å². The van der Waals surface area contributed by atoms with Gasteiger partial charge in [0.25, 0.3) is 0 Å². The van der Waals surface area contributed by atoms with Gasteiger partial charge in [0.1, 0.15) is 21.7 Å². The van der Waals surface area contributed by atoms with E-state index in [-0.39, 0.29) is 22.3 Å². The summed E-state index contributed by atoms with van der Waals surface area (Å²) in [7, 11) is 0. The molecule has 8 heteroatoms. The topological polar surface area (TPSA) is 149 Å². The van der Waals surface area contributed by atoms with Gasteiger partial charge >= 0.3 is 23.9 Å². The monoisotopic (exact) mass is 536 g/mol. The van der Waals surface area contributed by atoms with Gasteiger partial charge in [-0.15, -0.1) is 0 Å². The minimum Gasteiger partial charge on any atom is -0.481 e. The van der Waals surface area contributed by atoms with E-state index in [1.807, 2.05) is 0 Å². The molecule has 4 aromatic rings. The fourth-order valence-electron chi connectivity index (χ4n) is 7.32. The summed E-state index contributed by atoms with van der Waals surface area (Å²) in [4.78, 5) is 55.7. The lowest BCUT2D eigenvalue weighted by Crippen LogP contribution is -2.95. The third-order valence-electron chi connectivity index (χ3n) is 8.36. The molecule has 0 amide bonds. The predicted molar refractivity (Wildman–Crippen MR) is 143 cm³/mol. The Morgan fingerprint density at radius 2 is 0.475 bits per heavy atom. The number of hydrogen-bond donors (Lipinski definition) is 4. The summed E-state index contributed by atoms with van der Waals surface area (Å²) >= 11 is 0. The molecule has 0 bridgehead atoms. The van der Waals surface area contributed by atoms with E-state index in [9.17, 15) is 39.6 Å². The van der Waals surface area contributed by atoms with E-state index in [1.165, 1.54) is 97.1 Å². The molecule has 0 radical (unpaired) electrons. The molecule has 0 atom stereocenters. The van der Waals surface area contributed by atoms with Crippen LogP contribution in [0.4, 0.5) is 0 Å².